The maximum absolute atomic E-state index is 7.86. The van der Waals surface area contributed by atoms with E-state index < -0.39 is 0 Å². The lowest BCUT2D eigenvalue weighted by atomic mass is 9.23. The summed E-state index contributed by atoms with van der Waals surface area (Å²) in [5, 5.41) is 0.442. The van der Waals surface area contributed by atoms with Gasteiger partial charge in [-0.15, -0.1) is 0 Å². The highest BCUT2D eigenvalue weighted by molar-refractivity contribution is 8.01. The van der Waals surface area contributed by atoms with Gasteiger partial charge in [-0.05, 0) is 143 Å². The first-order valence-corrected chi connectivity index (χ1v) is 36.7. The average Bonchev–Trinajstić information content (AvgIpc) is 0.694. The molecule has 8 aliphatic rings. The molecule has 11 aromatic carbocycles. The molecule has 4 heterocycles. The topological polar surface area (TPSA) is 22.2 Å². The van der Waals surface area contributed by atoms with Gasteiger partial charge < -0.3 is 24.3 Å². The molecule has 0 aromatic heterocycles. The lowest BCUT2D eigenvalue weighted by Gasteiger charge is -2.61. The van der Waals surface area contributed by atoms with E-state index >= 15 is 0 Å². The van der Waals surface area contributed by atoms with Crippen molar-refractivity contribution in [3.63, 3.8) is 0 Å². The fraction of sp³-hybridized carbons (Fsp3) is 0.178. The molecule has 11 atom stereocenters. The molecule has 1 saturated carbocycles. The third kappa shape index (κ3) is 10.1. The molecule has 0 amide bonds. The van der Waals surface area contributed by atoms with E-state index in [9.17, 15) is 0 Å². The van der Waals surface area contributed by atoms with Crippen LogP contribution in [0.1, 0.15) is 43.6 Å². The molecule has 0 bridgehead atoms. The van der Waals surface area contributed by atoms with Crippen LogP contribution in [0.15, 0.2) is 351 Å². The van der Waals surface area contributed by atoms with Gasteiger partial charge in [-0.3, -0.25) is 0 Å². The molecule has 4 aliphatic heterocycles. The van der Waals surface area contributed by atoms with E-state index in [2.05, 4.69) is 365 Å². The minimum atomic E-state index is -0.0887. The second-order valence-corrected chi connectivity index (χ2v) is 29.6. The summed E-state index contributed by atoms with van der Waals surface area (Å²) in [7, 11) is 0. The van der Waals surface area contributed by atoms with Gasteiger partial charge in [0.15, 0.2) is 6.71 Å². The first kappa shape index (κ1) is 59.2. The van der Waals surface area contributed by atoms with Crippen LogP contribution in [0.25, 0.3) is 33.4 Å². The molecule has 98 heavy (non-hydrogen) atoms. The normalized spacial score (nSPS) is 24.5. The van der Waals surface area contributed by atoms with Crippen LogP contribution in [0, 0.1) is 0 Å². The van der Waals surface area contributed by atoms with Gasteiger partial charge >= 0.3 is 0 Å². The number of hydrogen-bond acceptors (Lipinski definition) is 6. The van der Waals surface area contributed by atoms with Gasteiger partial charge in [0, 0.05) is 97.7 Å². The third-order valence-electron chi connectivity index (χ3n) is 23.1. The number of benzene rings is 11. The zero-order valence-electron chi connectivity index (χ0n) is 54.9. The van der Waals surface area contributed by atoms with Crippen molar-refractivity contribution in [1.29, 1.82) is 0 Å². The molecule has 0 spiro atoms. The lowest BCUT2D eigenvalue weighted by Crippen LogP contribution is -2.68. The Balaban J connectivity index is 0.835. The Hall–Kier alpha value is -10.1. The van der Waals surface area contributed by atoms with Gasteiger partial charge in [-0.1, -0.05) is 272 Å². The van der Waals surface area contributed by atoms with Crippen LogP contribution in [-0.4, -0.2) is 54.2 Å². The Labute approximate surface area is 582 Å². The fourth-order valence-corrected chi connectivity index (χ4v) is 21.1. The predicted molar refractivity (Wildman–Crippen MR) is 413 cm³/mol. The first-order chi connectivity index (χ1) is 48.6. The number of nitrogens with zero attached hydrogens (tertiary/aromatic N) is 4. The molecular weight excluding hydrogens is 1210 g/mol. The number of ether oxygens (including phenoxy) is 1. The van der Waals surface area contributed by atoms with Crippen LogP contribution < -0.4 is 35.3 Å². The highest BCUT2D eigenvalue weighted by Gasteiger charge is 2.62. The SMILES string of the molecule is C1=CC(c2ccccc2)C(N(c2ccc(-c3ccccc3)cc2)C2CC3Oc4ccccc4B4C5=CC6B7c8ccccc8N(c8ccccc8)C8C=C(N(c9ccccc9)c9ccccc9)CC(SC6C=C5N(c5c(-c6ccccc6)cccc5-c5ccccc5)C(C2)C43)C78)CC1. The van der Waals surface area contributed by atoms with Gasteiger partial charge in [-0.2, -0.15) is 11.8 Å². The highest BCUT2D eigenvalue weighted by atomic mass is 32.2. The average molecular weight is 1280 g/mol. The van der Waals surface area contributed by atoms with Crippen LogP contribution in [0.3, 0.4) is 0 Å². The van der Waals surface area contributed by atoms with Gasteiger partial charge in [0.2, 0.25) is 6.71 Å². The van der Waals surface area contributed by atoms with E-state index in [1.807, 2.05) is 0 Å². The monoisotopic (exact) mass is 1280 g/mol. The second-order valence-electron chi connectivity index (χ2n) is 28.2. The molecule has 0 radical (unpaired) electrons. The quantitative estimate of drug-likeness (QED) is 0.0892. The summed E-state index contributed by atoms with van der Waals surface area (Å²) in [6.07, 6.45) is 18.2. The molecule has 11 aromatic rings. The predicted octanol–water partition coefficient (Wildman–Crippen LogP) is 20.2. The van der Waals surface area contributed by atoms with Crippen LogP contribution in [0.2, 0.25) is 17.5 Å². The van der Waals surface area contributed by atoms with Crippen molar-refractivity contribution >= 4 is 70.2 Å². The van der Waals surface area contributed by atoms with Crippen molar-refractivity contribution in [1.82, 2.24) is 0 Å². The lowest BCUT2D eigenvalue weighted by molar-refractivity contribution is 0.120. The summed E-state index contributed by atoms with van der Waals surface area (Å²) in [4.78, 5) is 11.2. The van der Waals surface area contributed by atoms with Crippen molar-refractivity contribution in [3.8, 4) is 39.1 Å². The van der Waals surface area contributed by atoms with E-state index in [4.69, 9.17) is 4.74 Å². The van der Waals surface area contributed by atoms with Gasteiger partial charge in [0.1, 0.15) is 5.75 Å². The molecule has 5 nitrogen and oxygen atoms in total. The molecule has 19 rings (SSSR count). The standard InChI is InChI=1S/C90H76B2N4OS/c1-8-29-61(30-9-1)62-51-53-69(54-52-62)94(79-48-25-22-43-72(79)63-31-10-2-11-32-63)70-55-82-88-85(57-70)97-84-50-27-24-47-76(84)92(88)77-59-78-86(60-81(77)96(82)90-73(64-33-12-3-13-34-64)44-28-45-74(90)65-35-14-4-15-36-65)98-87-58-71(93(66-37-16-5-17-38-66)67-39-18-6-19-40-67)56-83-89(87)91(78)75-46-23-26-49-80(75)95(83)68-41-20-7-21-42-68/h1-24,26-47,49-54,56,59-60,70,72,78-79,82-83,85-89H,25,48,55,57-58H2. The van der Waals surface area contributed by atoms with E-state index in [1.54, 1.807) is 0 Å². The first-order valence-electron chi connectivity index (χ1n) is 35.7. The summed E-state index contributed by atoms with van der Waals surface area (Å²) < 4.78 is 7.86. The zero-order chi connectivity index (χ0) is 64.6. The molecular formula is C90H76B2N4OS. The van der Waals surface area contributed by atoms with Gasteiger partial charge in [0.05, 0.1) is 17.8 Å². The van der Waals surface area contributed by atoms with Crippen molar-refractivity contribution in [2.45, 2.75) is 96.2 Å². The second kappa shape index (κ2) is 25.1. The fourth-order valence-electron chi connectivity index (χ4n) is 19.3. The van der Waals surface area contributed by atoms with Crippen LogP contribution in [0.4, 0.5) is 34.1 Å². The van der Waals surface area contributed by atoms with Gasteiger partial charge in [0.25, 0.3) is 0 Å². The number of para-hydroxylation sites is 6. The molecule has 2 saturated heterocycles. The summed E-state index contributed by atoms with van der Waals surface area (Å²) in [5.41, 5.74) is 23.3. The molecule has 3 fully saturated rings. The van der Waals surface area contributed by atoms with Crippen LogP contribution in [0.5, 0.6) is 5.75 Å². The highest BCUT2D eigenvalue weighted by Crippen LogP contribution is 2.63. The number of fused-ring (bicyclic) bond motifs is 8. The summed E-state index contributed by atoms with van der Waals surface area (Å²) in [6.45, 7) is 0.337. The van der Waals surface area contributed by atoms with Crippen LogP contribution in [-0.2, 0) is 0 Å². The van der Waals surface area contributed by atoms with E-state index in [0.717, 1.165) is 37.9 Å². The van der Waals surface area contributed by atoms with Crippen molar-refractivity contribution in [3.05, 3.63) is 356 Å². The molecule has 4 aliphatic carbocycles. The number of thioether (sulfide) groups is 1. The van der Waals surface area contributed by atoms with Crippen LogP contribution >= 0.6 is 11.8 Å². The molecule has 474 valence electrons. The Morgan fingerprint density at radius 2 is 1.06 bits per heavy atom. The molecule has 8 heteroatoms. The summed E-state index contributed by atoms with van der Waals surface area (Å²) >= 11 is 2.27. The number of hydrogen-bond donors (Lipinski definition) is 0. The van der Waals surface area contributed by atoms with Crippen molar-refractivity contribution < 1.29 is 4.74 Å². The smallest absolute Gasteiger partial charge is 0.225 e. The zero-order valence-corrected chi connectivity index (χ0v) is 55.7. The molecule has 11 unspecified atom stereocenters. The number of anilines is 6. The third-order valence-corrected chi connectivity index (χ3v) is 24.7. The Bertz CT molecular complexity index is 4750. The largest absolute Gasteiger partial charge is 0.491 e. The maximum atomic E-state index is 7.86. The van der Waals surface area contributed by atoms with E-state index in [-0.39, 0.29) is 71.7 Å². The van der Waals surface area contributed by atoms with Gasteiger partial charge in [-0.25, -0.2) is 0 Å². The van der Waals surface area contributed by atoms with E-state index in [1.165, 1.54) is 101 Å². The Morgan fingerprint density at radius 1 is 0.480 bits per heavy atom. The minimum absolute atomic E-state index is 0.0276. The van der Waals surface area contributed by atoms with Crippen molar-refractivity contribution in [2.75, 3.05) is 19.6 Å². The number of allylic oxidation sites excluding steroid dienone is 4. The minimum Gasteiger partial charge on any atom is -0.491 e. The maximum Gasteiger partial charge on any atom is 0.225 e. The summed E-state index contributed by atoms with van der Waals surface area (Å²) in [6, 6.07) is 114. The Morgan fingerprint density at radius 3 is 1.73 bits per heavy atom. The Kier molecular flexibility index (Phi) is 15.1. The summed E-state index contributed by atoms with van der Waals surface area (Å²) in [5.74, 6) is 1.88. The van der Waals surface area contributed by atoms with E-state index in [0.29, 0.717) is 5.82 Å². The molecule has 0 N–H and O–H groups in total. The number of rotatable bonds is 12. The van der Waals surface area contributed by atoms with Crippen molar-refractivity contribution in [2.24, 2.45) is 0 Å².